The lowest BCUT2D eigenvalue weighted by atomic mass is 9.80. The number of piperidine rings is 1. The molecule has 4 heterocycles. The third-order valence-electron chi connectivity index (χ3n) is 8.39. The number of carbonyl (C=O) groups is 1. The van der Waals surface area contributed by atoms with Crippen LogP contribution in [0.1, 0.15) is 47.8 Å². The van der Waals surface area contributed by atoms with Crippen molar-refractivity contribution in [1.82, 2.24) is 19.8 Å². The molecule has 38 heavy (non-hydrogen) atoms. The van der Waals surface area contributed by atoms with E-state index < -0.39 is 0 Å². The van der Waals surface area contributed by atoms with Gasteiger partial charge in [0, 0.05) is 81.1 Å². The average molecular weight is 516 g/mol. The number of aryl methyl sites for hydroxylation is 1. The van der Waals surface area contributed by atoms with Gasteiger partial charge in [-0.2, -0.15) is 0 Å². The van der Waals surface area contributed by atoms with Gasteiger partial charge in [0.25, 0.3) is 5.56 Å². The molecule has 1 saturated heterocycles. The summed E-state index contributed by atoms with van der Waals surface area (Å²) in [4.78, 5) is 34.9. The summed E-state index contributed by atoms with van der Waals surface area (Å²) < 4.78 is 16.8. The second kappa shape index (κ2) is 10.3. The van der Waals surface area contributed by atoms with Crippen molar-refractivity contribution >= 4 is 11.6 Å². The number of aromatic nitrogens is 2. The first kappa shape index (κ1) is 24.8. The van der Waals surface area contributed by atoms with Gasteiger partial charge in [0.2, 0.25) is 5.91 Å². The Morgan fingerprint density at radius 3 is 2.74 bits per heavy atom. The lowest BCUT2D eigenvalue weighted by Gasteiger charge is -2.36. The summed E-state index contributed by atoms with van der Waals surface area (Å²) in [6.45, 7) is 3.24. The Morgan fingerprint density at radius 2 is 1.97 bits per heavy atom. The van der Waals surface area contributed by atoms with E-state index >= 15 is 4.39 Å². The molecular weight excluding hydrogens is 481 g/mol. The van der Waals surface area contributed by atoms with Gasteiger partial charge >= 0.3 is 0 Å². The second-order valence-electron chi connectivity index (χ2n) is 10.9. The number of pyridine rings is 2. The first-order valence-corrected chi connectivity index (χ1v) is 13.6. The van der Waals surface area contributed by atoms with E-state index in [1.807, 2.05) is 29.2 Å². The van der Waals surface area contributed by atoms with Gasteiger partial charge in [0.15, 0.2) is 0 Å². The van der Waals surface area contributed by atoms with Crippen molar-refractivity contribution < 1.29 is 9.18 Å². The Kier molecular flexibility index (Phi) is 6.74. The highest BCUT2D eigenvalue weighted by Gasteiger charge is 2.43. The van der Waals surface area contributed by atoms with Gasteiger partial charge in [-0.1, -0.05) is 6.07 Å². The molecule has 1 aliphatic carbocycles. The maximum absolute atomic E-state index is 15.2. The average Bonchev–Trinajstić information content (AvgIpc) is 3.72. The highest BCUT2D eigenvalue weighted by atomic mass is 19.1. The number of carbonyl (C=O) groups excluding carboxylic acids is 1. The zero-order valence-corrected chi connectivity index (χ0v) is 21.7. The van der Waals surface area contributed by atoms with Crippen molar-refractivity contribution in [2.45, 2.75) is 43.7 Å². The van der Waals surface area contributed by atoms with Crippen LogP contribution in [0.2, 0.25) is 0 Å². The summed E-state index contributed by atoms with van der Waals surface area (Å²) in [7, 11) is 1.74. The van der Waals surface area contributed by atoms with Crippen LogP contribution in [-0.2, 0) is 18.4 Å². The van der Waals surface area contributed by atoms with Gasteiger partial charge in [0.1, 0.15) is 5.82 Å². The molecule has 1 N–H and O–H groups in total. The Hall–Kier alpha value is -3.52. The van der Waals surface area contributed by atoms with Crippen LogP contribution in [0, 0.1) is 11.7 Å². The van der Waals surface area contributed by atoms with Crippen molar-refractivity contribution in [2.24, 2.45) is 13.0 Å². The quantitative estimate of drug-likeness (QED) is 0.522. The summed E-state index contributed by atoms with van der Waals surface area (Å²) in [6, 6.07) is 13.1. The number of halogens is 1. The molecule has 1 amide bonds. The number of fused-ring (bicyclic) bond motifs is 1. The molecule has 2 aromatic heterocycles. The third kappa shape index (κ3) is 4.85. The van der Waals surface area contributed by atoms with Gasteiger partial charge in [-0.3, -0.25) is 14.6 Å². The minimum Gasteiger partial charge on any atom is -0.366 e. The number of nitrogens with one attached hydrogen (secondary N) is 1. The molecule has 2 unspecified atom stereocenters. The number of hydrogen-bond acceptors (Lipinski definition) is 5. The summed E-state index contributed by atoms with van der Waals surface area (Å²) in [5.74, 6) is -0.432. The van der Waals surface area contributed by atoms with Gasteiger partial charge in [0.05, 0.1) is 5.92 Å². The largest absolute Gasteiger partial charge is 0.366 e. The molecule has 3 atom stereocenters. The lowest BCUT2D eigenvalue weighted by Crippen LogP contribution is -2.48. The molecule has 3 aliphatic rings. The van der Waals surface area contributed by atoms with Gasteiger partial charge in [-0.05, 0) is 73.2 Å². The van der Waals surface area contributed by atoms with Crippen molar-refractivity contribution in [1.29, 1.82) is 0 Å². The fourth-order valence-corrected chi connectivity index (χ4v) is 6.24. The Bertz CT molecular complexity index is 1370. The van der Waals surface area contributed by atoms with E-state index in [0.29, 0.717) is 31.7 Å². The number of anilines is 1. The molecule has 0 radical (unpaired) electrons. The van der Waals surface area contributed by atoms with Gasteiger partial charge in [-0.25, -0.2) is 4.39 Å². The topological polar surface area (TPSA) is 70.5 Å². The Balaban J connectivity index is 1.26. The fourth-order valence-electron chi connectivity index (χ4n) is 6.24. The molecule has 2 fully saturated rings. The molecule has 6 rings (SSSR count). The van der Waals surface area contributed by atoms with Crippen LogP contribution in [-0.4, -0.2) is 52.6 Å². The van der Waals surface area contributed by atoms with E-state index in [1.54, 1.807) is 42.3 Å². The fraction of sp³-hybridized carbons (Fsp3) is 0.433. The highest BCUT2D eigenvalue weighted by Crippen LogP contribution is 2.42. The predicted molar refractivity (Wildman–Crippen MR) is 145 cm³/mol. The van der Waals surface area contributed by atoms with Gasteiger partial charge < -0.3 is 19.7 Å². The number of benzene rings is 1. The van der Waals surface area contributed by atoms with E-state index in [9.17, 15) is 9.59 Å². The number of nitrogens with zero attached hydrogens (tertiary/aromatic N) is 4. The van der Waals surface area contributed by atoms with Crippen LogP contribution in [0.3, 0.4) is 0 Å². The minimum atomic E-state index is -0.245. The van der Waals surface area contributed by atoms with E-state index in [4.69, 9.17) is 0 Å². The summed E-state index contributed by atoms with van der Waals surface area (Å²) in [5.41, 5.74) is 3.62. The SMILES string of the molecule is Cn1ccc([C@H]2CCNCC2C(=O)N(CC2CN(Cc3ccncc3)c3cccc(F)c32)C2CC2)cc1=O. The molecule has 7 nitrogen and oxygen atoms in total. The van der Waals surface area contributed by atoms with E-state index in [-0.39, 0.29) is 41.1 Å². The molecule has 1 aromatic carbocycles. The number of rotatable bonds is 7. The van der Waals surface area contributed by atoms with Crippen LogP contribution in [0.15, 0.2) is 65.8 Å². The van der Waals surface area contributed by atoms with Crippen LogP contribution < -0.4 is 15.8 Å². The first-order valence-electron chi connectivity index (χ1n) is 13.6. The predicted octanol–water partition coefficient (Wildman–Crippen LogP) is 3.41. The summed E-state index contributed by atoms with van der Waals surface area (Å²) in [6.07, 6.45) is 8.12. The molecule has 2 aliphatic heterocycles. The Labute approximate surface area is 222 Å². The minimum absolute atomic E-state index is 0.00492. The van der Waals surface area contributed by atoms with Crippen molar-refractivity contribution in [2.75, 3.05) is 31.1 Å². The first-order chi connectivity index (χ1) is 18.5. The van der Waals surface area contributed by atoms with Crippen LogP contribution >= 0.6 is 0 Å². The van der Waals surface area contributed by atoms with E-state index in [2.05, 4.69) is 15.2 Å². The molecule has 3 aromatic rings. The molecule has 0 bridgehead atoms. The second-order valence-corrected chi connectivity index (χ2v) is 10.9. The molecule has 1 saturated carbocycles. The molecule has 8 heteroatoms. The number of hydrogen-bond donors (Lipinski definition) is 1. The van der Waals surface area contributed by atoms with Gasteiger partial charge in [-0.15, -0.1) is 0 Å². The Morgan fingerprint density at radius 1 is 1.16 bits per heavy atom. The smallest absolute Gasteiger partial charge is 0.250 e. The lowest BCUT2D eigenvalue weighted by molar-refractivity contribution is -0.137. The normalized spacial score (nSPS) is 22.8. The van der Waals surface area contributed by atoms with Crippen LogP contribution in [0.5, 0.6) is 0 Å². The highest BCUT2D eigenvalue weighted by molar-refractivity contribution is 5.81. The zero-order chi connectivity index (χ0) is 26.2. The number of amides is 1. The van der Waals surface area contributed by atoms with Crippen molar-refractivity contribution in [3.8, 4) is 0 Å². The summed E-state index contributed by atoms with van der Waals surface area (Å²) >= 11 is 0. The van der Waals surface area contributed by atoms with Crippen LogP contribution in [0.4, 0.5) is 10.1 Å². The third-order valence-corrected chi connectivity index (χ3v) is 8.39. The maximum atomic E-state index is 15.2. The summed E-state index contributed by atoms with van der Waals surface area (Å²) in [5, 5.41) is 3.40. The standard InChI is InChI=1S/C30H34FN5O2/c1-34-14-10-21(15-28(34)37)24-9-13-33-16-25(24)30(38)36(23-5-6-23)19-22-18-35(17-20-7-11-32-12-8-20)27-4-2-3-26(31)29(22)27/h2-4,7-8,10-12,14-15,22-25,33H,5-6,9,13,16-19H2,1H3/t22?,24-,25?/m1/s1. The maximum Gasteiger partial charge on any atom is 0.250 e. The van der Waals surface area contributed by atoms with E-state index in [0.717, 1.165) is 42.6 Å². The van der Waals surface area contributed by atoms with Crippen molar-refractivity contribution in [3.63, 3.8) is 0 Å². The molecule has 198 valence electrons. The molecular formula is C30H34FN5O2. The zero-order valence-electron chi connectivity index (χ0n) is 21.7. The molecule has 0 spiro atoms. The van der Waals surface area contributed by atoms with Crippen LogP contribution in [0.25, 0.3) is 0 Å². The van der Waals surface area contributed by atoms with Crippen molar-refractivity contribution in [3.05, 3.63) is 93.9 Å². The van der Waals surface area contributed by atoms with E-state index in [1.165, 1.54) is 6.07 Å². The monoisotopic (exact) mass is 515 g/mol.